The second-order valence-electron chi connectivity index (χ2n) is 13.6. The molecule has 0 unspecified atom stereocenters. The number of aryl methyl sites for hydroxylation is 5. The lowest BCUT2D eigenvalue weighted by Crippen LogP contribution is -2.42. The van der Waals surface area contributed by atoms with Crippen LogP contribution in [-0.4, -0.2) is 83.1 Å². The fraction of sp³-hybridized carbons (Fsp3) is 0.476. The average Bonchev–Trinajstić information content (AvgIpc) is 3.40. The van der Waals surface area contributed by atoms with Gasteiger partial charge in [0, 0.05) is 82.5 Å². The van der Waals surface area contributed by atoms with E-state index in [-0.39, 0.29) is 0 Å². The van der Waals surface area contributed by atoms with Crippen molar-refractivity contribution in [1.29, 1.82) is 0 Å². The number of carbonyl (C=O) groups excluding carboxylic acids is 2. The van der Waals surface area contributed by atoms with Crippen LogP contribution in [0.5, 0.6) is 0 Å². The molecule has 0 bridgehead atoms. The third-order valence-corrected chi connectivity index (χ3v) is 9.91. The molecule has 9 nitrogen and oxygen atoms in total. The number of imidazole rings is 1. The van der Waals surface area contributed by atoms with Crippen molar-refractivity contribution in [2.45, 2.75) is 90.8 Å². The fourth-order valence-electron chi connectivity index (χ4n) is 6.72. The number of amides is 2. The minimum absolute atomic E-state index is 0.587. The molecule has 2 aromatic heterocycles. The summed E-state index contributed by atoms with van der Waals surface area (Å²) in [5.74, 6) is 1.03. The van der Waals surface area contributed by atoms with Gasteiger partial charge in [-0.2, -0.15) is 0 Å². The minimum Gasteiger partial charge on any atom is -0.381 e. The molecule has 10 heteroatoms. The van der Waals surface area contributed by atoms with Crippen LogP contribution in [0.3, 0.4) is 0 Å². The number of hydrogen-bond acceptors (Lipinski definition) is 6. The Bertz CT molecular complexity index is 1620. The van der Waals surface area contributed by atoms with Crippen molar-refractivity contribution in [3.63, 3.8) is 0 Å². The van der Waals surface area contributed by atoms with Gasteiger partial charge in [0.15, 0.2) is 0 Å². The van der Waals surface area contributed by atoms with Crippen LogP contribution < -0.4 is 5.32 Å². The van der Waals surface area contributed by atoms with Crippen LogP contribution in [0, 0.1) is 13.8 Å². The van der Waals surface area contributed by atoms with E-state index in [0.717, 1.165) is 99.9 Å². The predicted octanol–water partition coefficient (Wildman–Crippen LogP) is 6.99. The molecule has 0 atom stereocenters. The topological polar surface area (TPSA) is 92.6 Å². The van der Waals surface area contributed by atoms with Crippen molar-refractivity contribution in [2.75, 3.05) is 39.8 Å². The molecule has 3 heterocycles. The molecular formula is C42H57ClN6O3. The number of methoxy groups -OCH3 is 1. The first-order chi connectivity index (χ1) is 25.4. The van der Waals surface area contributed by atoms with E-state index >= 15 is 0 Å². The van der Waals surface area contributed by atoms with E-state index in [4.69, 9.17) is 16.3 Å². The Balaban J connectivity index is 0.000000167. The standard InChI is InChI=1S/C16H21N3O.C14H12ClN.C7H14O.C5H10N2O/c1-14-11-19(15(2)17-14)10-6-9-18(13-20)12-16-7-4-3-5-8-16;15-13-6-5-12-9-14-10(2-1-7-16-14)3-4-11(12)8-13;1-8-7-5-3-2-4-6-7;8-5-7-3-1-6-2-4-7/h3-5,7-8,11,13H,6,9-10,12H2,1-2H3;1-2,5-8H,3-4,9H2;7H,2-6H2,1H3;5-6H,1-4H2. The summed E-state index contributed by atoms with van der Waals surface area (Å²) < 4.78 is 7.33. The lowest BCUT2D eigenvalue weighted by Gasteiger charge is -2.22. The lowest BCUT2D eigenvalue weighted by molar-refractivity contribution is -0.119. The largest absolute Gasteiger partial charge is 0.381 e. The quantitative estimate of drug-likeness (QED) is 0.187. The lowest BCUT2D eigenvalue weighted by atomic mass is 9.98. The van der Waals surface area contributed by atoms with Gasteiger partial charge in [0.25, 0.3) is 0 Å². The van der Waals surface area contributed by atoms with Gasteiger partial charge in [0.05, 0.1) is 11.8 Å². The van der Waals surface area contributed by atoms with Crippen molar-refractivity contribution in [2.24, 2.45) is 0 Å². The number of piperazine rings is 1. The summed E-state index contributed by atoms with van der Waals surface area (Å²) in [7, 11) is 1.82. The Morgan fingerprint density at radius 1 is 0.942 bits per heavy atom. The highest BCUT2D eigenvalue weighted by Gasteiger charge is 2.14. The normalized spacial score (nSPS) is 15.1. The Labute approximate surface area is 315 Å². The van der Waals surface area contributed by atoms with E-state index in [1.165, 1.54) is 54.5 Å². The average molecular weight is 729 g/mol. The van der Waals surface area contributed by atoms with Crippen LogP contribution in [0.25, 0.3) is 0 Å². The number of rotatable bonds is 9. The molecule has 1 N–H and O–H groups in total. The second-order valence-corrected chi connectivity index (χ2v) is 14.1. The highest BCUT2D eigenvalue weighted by atomic mass is 35.5. The van der Waals surface area contributed by atoms with E-state index < -0.39 is 0 Å². The van der Waals surface area contributed by atoms with Gasteiger partial charge in [-0.1, -0.05) is 73.3 Å². The molecule has 280 valence electrons. The van der Waals surface area contributed by atoms with Gasteiger partial charge in [0.2, 0.25) is 12.8 Å². The van der Waals surface area contributed by atoms with Crippen molar-refractivity contribution in [3.8, 4) is 0 Å². The van der Waals surface area contributed by atoms with Crippen LogP contribution in [-0.2, 0) is 46.7 Å². The summed E-state index contributed by atoms with van der Waals surface area (Å²) in [5, 5.41) is 3.98. The molecule has 2 amide bonds. The number of aromatic nitrogens is 3. The van der Waals surface area contributed by atoms with E-state index in [1.54, 1.807) is 4.90 Å². The second kappa shape index (κ2) is 22.8. The zero-order chi connectivity index (χ0) is 37.0. The number of nitrogens with one attached hydrogen (secondary N) is 1. The number of hydrogen-bond donors (Lipinski definition) is 1. The Hall–Kier alpha value is -4.05. The Morgan fingerprint density at radius 2 is 1.69 bits per heavy atom. The van der Waals surface area contributed by atoms with Crippen LogP contribution in [0.4, 0.5) is 0 Å². The van der Waals surface area contributed by atoms with Crippen molar-refractivity contribution in [1.82, 2.24) is 29.7 Å². The molecule has 4 aromatic rings. The van der Waals surface area contributed by atoms with Gasteiger partial charge in [0.1, 0.15) is 5.82 Å². The third kappa shape index (κ3) is 14.2. The smallest absolute Gasteiger partial charge is 0.210 e. The number of benzene rings is 2. The number of halogens is 1. The van der Waals surface area contributed by atoms with Gasteiger partial charge in [-0.05, 0) is 86.4 Å². The number of carbonyl (C=O) groups is 2. The van der Waals surface area contributed by atoms with E-state index in [2.05, 4.69) is 44.2 Å². The minimum atomic E-state index is 0.587. The zero-order valence-corrected chi connectivity index (χ0v) is 32.1. The summed E-state index contributed by atoms with van der Waals surface area (Å²) in [5.41, 5.74) is 7.51. The van der Waals surface area contributed by atoms with Crippen molar-refractivity contribution >= 4 is 24.4 Å². The summed E-state index contributed by atoms with van der Waals surface area (Å²) in [6.07, 6.45) is 17.1. The SMILES string of the molecule is COC1CCCCC1.Cc1cn(CCCN(C=O)Cc2ccccc2)c(C)n1.Clc1ccc2c(c1)CCc1cccnc1C2.O=CN1CCNCC1. The predicted molar refractivity (Wildman–Crippen MR) is 210 cm³/mol. The van der Waals surface area contributed by atoms with Gasteiger partial charge < -0.3 is 24.4 Å². The molecule has 3 aliphatic rings. The number of ether oxygens (including phenoxy) is 1. The van der Waals surface area contributed by atoms with Gasteiger partial charge in [-0.3, -0.25) is 14.6 Å². The maximum atomic E-state index is 11.1. The molecule has 1 aliphatic heterocycles. The molecular weight excluding hydrogens is 672 g/mol. The third-order valence-electron chi connectivity index (χ3n) is 9.68. The first-order valence-electron chi connectivity index (χ1n) is 18.7. The highest BCUT2D eigenvalue weighted by Crippen LogP contribution is 2.25. The molecule has 2 aliphatic carbocycles. The molecule has 2 aromatic carbocycles. The van der Waals surface area contributed by atoms with Crippen LogP contribution in [0.1, 0.15) is 78.0 Å². The van der Waals surface area contributed by atoms with E-state index in [0.29, 0.717) is 12.6 Å². The van der Waals surface area contributed by atoms with Crippen molar-refractivity contribution < 1.29 is 14.3 Å². The van der Waals surface area contributed by atoms with Crippen LogP contribution in [0.15, 0.2) is 73.1 Å². The fourth-order valence-corrected chi connectivity index (χ4v) is 6.92. The number of fused-ring (bicyclic) bond motifs is 2. The summed E-state index contributed by atoms with van der Waals surface area (Å²) in [6.45, 7) is 9.95. The molecule has 7 rings (SSSR count). The maximum absolute atomic E-state index is 11.1. The first-order valence-corrected chi connectivity index (χ1v) is 19.1. The molecule has 2 fully saturated rings. The van der Waals surface area contributed by atoms with E-state index in [1.807, 2.05) is 74.5 Å². The highest BCUT2D eigenvalue weighted by molar-refractivity contribution is 6.30. The monoisotopic (exact) mass is 728 g/mol. The summed E-state index contributed by atoms with van der Waals surface area (Å²) in [4.78, 5) is 33.6. The maximum Gasteiger partial charge on any atom is 0.210 e. The molecule has 52 heavy (non-hydrogen) atoms. The van der Waals surface area contributed by atoms with Gasteiger partial charge in [-0.15, -0.1) is 0 Å². The molecule has 1 saturated carbocycles. The molecule has 0 spiro atoms. The zero-order valence-electron chi connectivity index (χ0n) is 31.3. The van der Waals surface area contributed by atoms with Gasteiger partial charge >= 0.3 is 0 Å². The molecule has 0 radical (unpaired) electrons. The summed E-state index contributed by atoms with van der Waals surface area (Å²) in [6, 6.07) is 20.4. The van der Waals surface area contributed by atoms with Gasteiger partial charge in [-0.25, -0.2) is 4.98 Å². The Morgan fingerprint density at radius 3 is 2.33 bits per heavy atom. The first kappa shape index (κ1) is 40.7. The number of pyridine rings is 1. The van der Waals surface area contributed by atoms with Crippen molar-refractivity contribution in [3.05, 3.63) is 118 Å². The summed E-state index contributed by atoms with van der Waals surface area (Å²) >= 11 is 6.03. The van der Waals surface area contributed by atoms with Crippen LogP contribution >= 0.6 is 11.6 Å². The number of nitrogens with zero attached hydrogens (tertiary/aromatic N) is 5. The van der Waals surface area contributed by atoms with E-state index in [9.17, 15) is 9.59 Å². The van der Waals surface area contributed by atoms with Crippen LogP contribution in [0.2, 0.25) is 5.02 Å². The Kier molecular flexibility index (Phi) is 17.8. The molecule has 1 saturated heterocycles.